The molecule has 1 N–H and O–H groups in total. The smallest absolute Gasteiger partial charge is 0.301 e. The van der Waals surface area contributed by atoms with Crippen molar-refractivity contribution >= 4 is 51.4 Å². The molecule has 1 amide bonds. The number of ether oxygens (including phenoxy) is 1. The lowest BCUT2D eigenvalue weighted by Crippen LogP contribution is -2.29. The number of aliphatic hydroxyl groups excluding tert-OH is 1. The van der Waals surface area contributed by atoms with Crippen molar-refractivity contribution in [1.82, 2.24) is 10.2 Å². The SMILES string of the molecule is CCCCOc1ccc(C(O)=C2C(=O)C(=O)N(c3nnc(SCc4ccc(F)cc4)s3)[C@H]2c2ccc([N+](=O)[O-])cc2)cc1. The minimum atomic E-state index is -1.12. The Hall–Kier alpha value is -4.62. The molecule has 3 aromatic carbocycles. The van der Waals surface area contributed by atoms with Crippen molar-refractivity contribution in [2.75, 3.05) is 11.5 Å². The number of halogens is 1. The zero-order valence-electron chi connectivity index (χ0n) is 22.8. The van der Waals surface area contributed by atoms with Gasteiger partial charge in [-0.2, -0.15) is 0 Å². The first-order valence-electron chi connectivity index (χ1n) is 13.3. The van der Waals surface area contributed by atoms with E-state index in [0.717, 1.165) is 34.6 Å². The van der Waals surface area contributed by atoms with E-state index in [1.807, 2.05) is 0 Å². The highest BCUT2D eigenvalue weighted by Gasteiger charge is 2.48. The number of Topliss-reactive ketones (excluding diaryl/α,β-unsaturated/α-hetero) is 1. The number of carbonyl (C=O) groups is 2. The molecule has 1 atom stereocenters. The van der Waals surface area contributed by atoms with Gasteiger partial charge >= 0.3 is 5.91 Å². The van der Waals surface area contributed by atoms with Gasteiger partial charge in [0.1, 0.15) is 17.3 Å². The lowest BCUT2D eigenvalue weighted by molar-refractivity contribution is -0.384. The molecular weight excluding hydrogens is 595 g/mol. The second-order valence-electron chi connectivity index (χ2n) is 9.51. The third kappa shape index (κ3) is 6.57. The molecule has 0 spiro atoms. The second-order valence-corrected chi connectivity index (χ2v) is 11.7. The maximum Gasteiger partial charge on any atom is 0.301 e. The Morgan fingerprint density at radius 3 is 2.42 bits per heavy atom. The fraction of sp³-hybridized carbons (Fsp3) is 0.200. The van der Waals surface area contributed by atoms with Gasteiger partial charge in [0.05, 0.1) is 23.1 Å². The van der Waals surface area contributed by atoms with Gasteiger partial charge in [0, 0.05) is 23.4 Å². The summed E-state index contributed by atoms with van der Waals surface area (Å²) in [6.45, 7) is 2.59. The number of rotatable bonds is 11. The Labute approximate surface area is 254 Å². The molecule has 1 saturated heterocycles. The Kier molecular flexibility index (Phi) is 9.12. The number of nitrogens with zero attached hydrogens (tertiary/aromatic N) is 4. The summed E-state index contributed by atoms with van der Waals surface area (Å²) >= 11 is 2.40. The molecular formula is C30H25FN4O6S2. The number of nitro benzene ring substituents is 1. The maximum absolute atomic E-state index is 13.4. The van der Waals surface area contributed by atoms with Gasteiger partial charge in [-0.15, -0.1) is 10.2 Å². The van der Waals surface area contributed by atoms with Crippen molar-refractivity contribution in [1.29, 1.82) is 0 Å². The number of unbranched alkanes of at least 4 members (excludes halogenated alkanes) is 1. The number of benzene rings is 3. The molecule has 2 heterocycles. The van der Waals surface area contributed by atoms with E-state index in [2.05, 4.69) is 17.1 Å². The summed E-state index contributed by atoms with van der Waals surface area (Å²) < 4.78 is 19.4. The number of nitro groups is 1. The van der Waals surface area contributed by atoms with Crippen molar-refractivity contribution in [3.8, 4) is 5.75 Å². The van der Waals surface area contributed by atoms with Gasteiger partial charge in [-0.1, -0.05) is 48.6 Å². The van der Waals surface area contributed by atoms with Crippen LogP contribution in [0.15, 0.2) is 82.7 Å². The monoisotopic (exact) mass is 620 g/mol. The lowest BCUT2D eigenvalue weighted by atomic mass is 9.95. The van der Waals surface area contributed by atoms with E-state index < -0.39 is 28.4 Å². The summed E-state index contributed by atoms with van der Waals surface area (Å²) in [5, 5.41) is 31.0. The first-order chi connectivity index (χ1) is 20.8. The third-order valence-electron chi connectivity index (χ3n) is 6.64. The minimum absolute atomic E-state index is 0.116. The van der Waals surface area contributed by atoms with Crippen LogP contribution < -0.4 is 9.64 Å². The van der Waals surface area contributed by atoms with Crippen LogP contribution in [0.25, 0.3) is 5.76 Å². The summed E-state index contributed by atoms with van der Waals surface area (Å²) in [6, 6.07) is 16.8. The Morgan fingerprint density at radius 2 is 1.77 bits per heavy atom. The molecule has 4 aromatic rings. The van der Waals surface area contributed by atoms with Gasteiger partial charge in [0.2, 0.25) is 5.13 Å². The molecule has 1 aliphatic heterocycles. The van der Waals surface area contributed by atoms with Gasteiger partial charge in [0.15, 0.2) is 4.34 Å². The zero-order valence-corrected chi connectivity index (χ0v) is 24.4. The molecule has 0 bridgehead atoms. The van der Waals surface area contributed by atoms with Crippen molar-refractivity contribution < 1.29 is 28.7 Å². The van der Waals surface area contributed by atoms with Crippen LogP contribution in [-0.2, 0) is 15.3 Å². The lowest BCUT2D eigenvalue weighted by Gasteiger charge is -2.22. The number of amides is 1. The van der Waals surface area contributed by atoms with Gasteiger partial charge in [-0.05, 0) is 66.1 Å². The molecule has 1 fully saturated rings. The van der Waals surface area contributed by atoms with Crippen molar-refractivity contribution in [2.45, 2.75) is 35.9 Å². The Morgan fingerprint density at radius 1 is 1.07 bits per heavy atom. The Bertz CT molecular complexity index is 1670. The van der Waals surface area contributed by atoms with Crippen LogP contribution in [0, 0.1) is 15.9 Å². The molecule has 0 saturated carbocycles. The van der Waals surface area contributed by atoms with E-state index in [1.54, 1.807) is 36.4 Å². The molecule has 0 aliphatic carbocycles. The largest absolute Gasteiger partial charge is 0.507 e. The van der Waals surface area contributed by atoms with Crippen LogP contribution in [0.1, 0.15) is 42.5 Å². The first-order valence-corrected chi connectivity index (χ1v) is 15.1. The maximum atomic E-state index is 13.4. The van der Waals surface area contributed by atoms with Gasteiger partial charge < -0.3 is 9.84 Å². The van der Waals surface area contributed by atoms with Crippen molar-refractivity contribution in [3.63, 3.8) is 0 Å². The number of hydrogen-bond acceptors (Lipinski definition) is 10. The molecule has 10 nitrogen and oxygen atoms in total. The normalized spacial score (nSPS) is 16.0. The average Bonchev–Trinajstić information content (AvgIpc) is 3.58. The summed E-state index contributed by atoms with van der Waals surface area (Å²) in [5.41, 5.74) is 1.15. The van der Waals surface area contributed by atoms with Crippen molar-refractivity contribution in [3.05, 3.63) is 111 Å². The van der Waals surface area contributed by atoms with E-state index in [0.29, 0.717) is 33.6 Å². The second kappa shape index (κ2) is 13.1. The van der Waals surface area contributed by atoms with Crippen LogP contribution in [0.4, 0.5) is 15.2 Å². The average molecular weight is 621 g/mol. The highest BCUT2D eigenvalue weighted by molar-refractivity contribution is 8.00. The number of non-ortho nitro benzene ring substituents is 1. The van der Waals surface area contributed by atoms with E-state index in [1.165, 1.54) is 48.2 Å². The molecule has 220 valence electrons. The fourth-order valence-electron chi connectivity index (χ4n) is 4.41. The number of aromatic nitrogens is 2. The zero-order chi connectivity index (χ0) is 30.5. The third-order valence-corrected chi connectivity index (χ3v) is 8.76. The van der Waals surface area contributed by atoms with E-state index in [9.17, 15) is 29.2 Å². The molecule has 5 rings (SSSR count). The quantitative estimate of drug-likeness (QED) is 0.0284. The van der Waals surface area contributed by atoms with Gasteiger partial charge in [-0.3, -0.25) is 24.6 Å². The molecule has 1 aromatic heterocycles. The number of carbonyl (C=O) groups excluding carboxylic acids is 2. The minimum Gasteiger partial charge on any atom is -0.507 e. The standard InChI is InChI=1S/C30H25FN4O6S2/c1-2-3-16-41-23-14-8-20(9-15-23)26(36)24-25(19-6-12-22(13-7-19)35(39)40)34(28(38)27(24)37)29-32-33-30(43-29)42-17-18-4-10-21(31)11-5-18/h4-15,25,36H,2-3,16-17H2,1H3/t25-/m0/s1. The molecule has 1 aliphatic rings. The van der Waals surface area contributed by atoms with Crippen LogP contribution in [0.5, 0.6) is 5.75 Å². The number of thioether (sulfide) groups is 1. The van der Waals surface area contributed by atoms with E-state index >= 15 is 0 Å². The van der Waals surface area contributed by atoms with E-state index in [-0.39, 0.29) is 22.2 Å². The summed E-state index contributed by atoms with van der Waals surface area (Å²) in [4.78, 5) is 38.7. The predicted molar refractivity (Wildman–Crippen MR) is 161 cm³/mol. The number of ketones is 1. The predicted octanol–water partition coefficient (Wildman–Crippen LogP) is 6.68. The summed E-state index contributed by atoms with van der Waals surface area (Å²) in [7, 11) is 0. The van der Waals surface area contributed by atoms with Crippen molar-refractivity contribution in [2.24, 2.45) is 0 Å². The van der Waals surface area contributed by atoms with Crippen LogP contribution in [0.3, 0.4) is 0 Å². The molecule has 43 heavy (non-hydrogen) atoms. The first kappa shape index (κ1) is 29.9. The topological polar surface area (TPSA) is 136 Å². The number of anilines is 1. The highest BCUT2D eigenvalue weighted by atomic mass is 32.2. The summed E-state index contributed by atoms with van der Waals surface area (Å²) in [6.07, 6.45) is 1.86. The number of aliphatic hydroxyl groups is 1. The van der Waals surface area contributed by atoms with Crippen LogP contribution >= 0.6 is 23.1 Å². The van der Waals surface area contributed by atoms with Gasteiger partial charge in [-0.25, -0.2) is 4.39 Å². The Balaban J connectivity index is 1.50. The highest BCUT2D eigenvalue weighted by Crippen LogP contribution is 2.44. The van der Waals surface area contributed by atoms with Crippen LogP contribution in [-0.4, -0.2) is 38.5 Å². The molecule has 0 radical (unpaired) electrons. The number of hydrogen-bond donors (Lipinski definition) is 1. The molecule has 13 heteroatoms. The fourth-order valence-corrected chi connectivity index (χ4v) is 6.23. The van der Waals surface area contributed by atoms with Gasteiger partial charge in [0.25, 0.3) is 11.5 Å². The molecule has 0 unspecified atom stereocenters. The van der Waals surface area contributed by atoms with Crippen LogP contribution in [0.2, 0.25) is 0 Å². The summed E-state index contributed by atoms with van der Waals surface area (Å²) in [5.74, 6) is -1.53. The van der Waals surface area contributed by atoms with E-state index in [4.69, 9.17) is 4.74 Å².